The number of rotatable bonds is 7. The fraction of sp³-hybridized carbons (Fsp3) is 0.500. The van der Waals surface area contributed by atoms with E-state index in [0.29, 0.717) is 17.2 Å². The van der Waals surface area contributed by atoms with Crippen molar-refractivity contribution < 1.29 is 22.7 Å². The number of piperidine rings is 2. The highest BCUT2D eigenvalue weighted by Gasteiger charge is 2.49. The molecule has 4 fully saturated rings. The third kappa shape index (κ3) is 5.91. The Bertz CT molecular complexity index is 1610. The maximum Gasteiger partial charge on any atom is 0.243 e. The summed E-state index contributed by atoms with van der Waals surface area (Å²) in [6.45, 7) is 0.186. The second kappa shape index (κ2) is 12.2. The van der Waals surface area contributed by atoms with Crippen LogP contribution in [0.4, 0.5) is 0 Å². The summed E-state index contributed by atoms with van der Waals surface area (Å²) in [5, 5.41) is 2.35. The number of carbonyl (C=O) groups is 1. The van der Waals surface area contributed by atoms with Gasteiger partial charge < -0.3 is 20.1 Å². The van der Waals surface area contributed by atoms with Crippen molar-refractivity contribution >= 4 is 38.3 Å². The van der Waals surface area contributed by atoms with E-state index in [1.165, 1.54) is 17.1 Å². The van der Waals surface area contributed by atoms with Gasteiger partial charge in [0.2, 0.25) is 15.9 Å². The lowest BCUT2D eigenvalue weighted by Crippen LogP contribution is -2.60. The molecule has 0 spiro atoms. The van der Waals surface area contributed by atoms with Crippen molar-refractivity contribution in [1.82, 2.24) is 9.21 Å². The van der Waals surface area contributed by atoms with Crippen molar-refractivity contribution in [2.75, 3.05) is 6.54 Å². The van der Waals surface area contributed by atoms with Gasteiger partial charge in [-0.25, -0.2) is 8.42 Å². The Morgan fingerprint density at radius 2 is 1.41 bits per heavy atom. The van der Waals surface area contributed by atoms with Crippen molar-refractivity contribution in [1.29, 1.82) is 0 Å². The van der Waals surface area contributed by atoms with Gasteiger partial charge in [-0.2, -0.15) is 4.31 Å². The van der Waals surface area contributed by atoms with Crippen molar-refractivity contribution in [3.05, 3.63) is 65.7 Å². The van der Waals surface area contributed by atoms with Crippen LogP contribution in [0.25, 0.3) is 10.8 Å². The molecule has 3 aliphatic heterocycles. The third-order valence-electron chi connectivity index (χ3n) is 9.93. The SMILES string of the molecule is NC1CC2CCC(C1)N2C(=O)[C@@H]1C[C@@H](Oc2ccc(Cl)cc2)CCN1S(=O)(=O)c1ccc2cc(OC3CCCC3)ccc2c1. The van der Waals surface area contributed by atoms with Gasteiger partial charge >= 0.3 is 0 Å². The van der Waals surface area contributed by atoms with E-state index in [0.717, 1.165) is 55.0 Å². The summed E-state index contributed by atoms with van der Waals surface area (Å²) in [7, 11) is -3.99. The number of ether oxygens (including phenoxy) is 2. The molecule has 1 saturated carbocycles. The molecule has 1 aliphatic carbocycles. The van der Waals surface area contributed by atoms with Crippen LogP contribution < -0.4 is 15.2 Å². The van der Waals surface area contributed by atoms with E-state index in [1.54, 1.807) is 36.4 Å². The van der Waals surface area contributed by atoms with Gasteiger partial charge in [-0.15, -0.1) is 0 Å². The second-order valence-corrected chi connectivity index (χ2v) is 15.2. The van der Waals surface area contributed by atoms with Crippen LogP contribution in [0.3, 0.4) is 0 Å². The van der Waals surface area contributed by atoms with Crippen molar-refractivity contribution in [3.63, 3.8) is 0 Å². The number of fused-ring (bicyclic) bond motifs is 3. The number of halogens is 1. The van der Waals surface area contributed by atoms with E-state index in [4.69, 9.17) is 26.8 Å². The Labute approximate surface area is 264 Å². The zero-order chi connectivity index (χ0) is 30.4. The van der Waals surface area contributed by atoms with E-state index in [-0.39, 0.29) is 54.1 Å². The van der Waals surface area contributed by atoms with Gasteiger partial charge in [0.05, 0.1) is 11.0 Å². The molecule has 3 aromatic rings. The van der Waals surface area contributed by atoms with Gasteiger partial charge in [0.15, 0.2) is 0 Å². The summed E-state index contributed by atoms with van der Waals surface area (Å²) < 4.78 is 42.5. The number of benzene rings is 3. The molecule has 4 atom stereocenters. The molecule has 234 valence electrons. The summed E-state index contributed by atoms with van der Waals surface area (Å²) >= 11 is 6.06. The Kier molecular flexibility index (Phi) is 8.24. The average Bonchev–Trinajstić information content (AvgIpc) is 3.63. The standard InChI is InChI=1S/C34H40ClN3O5S/c35-24-7-12-29(13-8-24)43-31-15-16-37(33(21-31)34(39)38-26-9-10-27(38)20-25(36)19-26)44(40,41)32-14-6-22-17-30(11-5-23(22)18-32)42-28-3-1-2-4-28/h5-8,11-14,17-18,25-28,31,33H,1-4,9-10,15-16,19-21,36H2/t25?,26?,27?,31-,33-/m0/s1. The first kappa shape index (κ1) is 29.8. The van der Waals surface area contributed by atoms with E-state index < -0.39 is 16.1 Å². The van der Waals surface area contributed by atoms with Crippen molar-refractivity contribution in [2.24, 2.45) is 5.73 Å². The topological polar surface area (TPSA) is 102 Å². The highest BCUT2D eigenvalue weighted by atomic mass is 35.5. The molecule has 3 saturated heterocycles. The van der Waals surface area contributed by atoms with Crippen LogP contribution in [0.5, 0.6) is 11.5 Å². The maximum absolute atomic E-state index is 14.3. The summed E-state index contributed by atoms with van der Waals surface area (Å²) in [6, 6.07) is 17.5. The van der Waals surface area contributed by atoms with E-state index in [1.807, 2.05) is 29.2 Å². The largest absolute Gasteiger partial charge is 0.490 e. The first-order valence-corrected chi connectivity index (χ1v) is 17.8. The molecule has 2 N–H and O–H groups in total. The number of amides is 1. The highest BCUT2D eigenvalue weighted by molar-refractivity contribution is 7.89. The molecule has 0 aromatic heterocycles. The fourth-order valence-electron chi connectivity index (χ4n) is 7.76. The molecule has 2 unspecified atom stereocenters. The third-order valence-corrected chi connectivity index (χ3v) is 12.1. The quantitative estimate of drug-likeness (QED) is 0.346. The first-order valence-electron chi connectivity index (χ1n) is 16.0. The summed E-state index contributed by atoms with van der Waals surface area (Å²) in [4.78, 5) is 16.5. The molecule has 44 heavy (non-hydrogen) atoms. The molecule has 8 nitrogen and oxygen atoms in total. The van der Waals surface area contributed by atoms with Crippen LogP contribution in [0.2, 0.25) is 5.02 Å². The van der Waals surface area contributed by atoms with Gasteiger partial charge in [0.1, 0.15) is 23.6 Å². The fourth-order valence-corrected chi connectivity index (χ4v) is 9.53. The van der Waals surface area contributed by atoms with Crippen LogP contribution in [0.1, 0.15) is 64.2 Å². The molecule has 7 rings (SSSR count). The predicted octanol–water partition coefficient (Wildman–Crippen LogP) is 5.90. The molecular weight excluding hydrogens is 598 g/mol. The first-order chi connectivity index (χ1) is 21.2. The highest BCUT2D eigenvalue weighted by Crippen LogP contribution is 2.39. The number of hydrogen-bond donors (Lipinski definition) is 1. The maximum atomic E-state index is 14.3. The summed E-state index contributed by atoms with van der Waals surface area (Å²) in [5.74, 6) is 1.33. The van der Waals surface area contributed by atoms with Gasteiger partial charge in [-0.05, 0) is 117 Å². The minimum Gasteiger partial charge on any atom is -0.490 e. The molecule has 1 amide bonds. The molecule has 10 heteroatoms. The summed E-state index contributed by atoms with van der Waals surface area (Å²) in [5.41, 5.74) is 6.30. The Morgan fingerprint density at radius 1 is 0.773 bits per heavy atom. The lowest BCUT2D eigenvalue weighted by atomic mass is 9.94. The number of hydrogen-bond acceptors (Lipinski definition) is 6. The van der Waals surface area contributed by atoms with Gasteiger partial charge in [0.25, 0.3) is 0 Å². The Balaban J connectivity index is 1.16. The van der Waals surface area contributed by atoms with E-state index in [9.17, 15) is 13.2 Å². The zero-order valence-electron chi connectivity index (χ0n) is 24.8. The molecular formula is C34H40ClN3O5S. The molecule has 3 aromatic carbocycles. The van der Waals surface area contributed by atoms with E-state index in [2.05, 4.69) is 0 Å². The zero-order valence-corrected chi connectivity index (χ0v) is 26.4. The molecule has 0 radical (unpaired) electrons. The molecule has 3 heterocycles. The van der Waals surface area contributed by atoms with Crippen LogP contribution in [-0.2, 0) is 14.8 Å². The Hall–Kier alpha value is -2.85. The van der Waals surface area contributed by atoms with Gasteiger partial charge in [-0.1, -0.05) is 23.7 Å². The van der Waals surface area contributed by atoms with Crippen LogP contribution in [0.15, 0.2) is 65.6 Å². The van der Waals surface area contributed by atoms with Crippen molar-refractivity contribution in [3.8, 4) is 11.5 Å². The van der Waals surface area contributed by atoms with Crippen LogP contribution in [0, 0.1) is 0 Å². The summed E-state index contributed by atoms with van der Waals surface area (Å²) in [6.07, 6.45) is 8.54. The Morgan fingerprint density at radius 3 is 2.14 bits per heavy atom. The number of sulfonamides is 1. The van der Waals surface area contributed by atoms with Crippen molar-refractivity contribution in [2.45, 2.75) is 105 Å². The van der Waals surface area contributed by atoms with E-state index >= 15 is 0 Å². The number of nitrogens with zero attached hydrogens (tertiary/aromatic N) is 2. The normalized spacial score (nSPS) is 28.0. The number of nitrogens with two attached hydrogens (primary N) is 1. The average molecular weight is 638 g/mol. The minimum absolute atomic E-state index is 0.0553. The van der Waals surface area contributed by atoms with Crippen LogP contribution >= 0.6 is 11.6 Å². The predicted molar refractivity (Wildman–Crippen MR) is 170 cm³/mol. The molecule has 2 bridgehead atoms. The lowest BCUT2D eigenvalue weighted by Gasteiger charge is -2.44. The number of carbonyl (C=O) groups excluding carboxylic acids is 1. The monoisotopic (exact) mass is 637 g/mol. The van der Waals surface area contributed by atoms with Gasteiger partial charge in [-0.3, -0.25) is 4.79 Å². The minimum atomic E-state index is -3.99. The smallest absolute Gasteiger partial charge is 0.243 e. The second-order valence-electron chi connectivity index (χ2n) is 12.9. The lowest BCUT2D eigenvalue weighted by molar-refractivity contribution is -0.142. The van der Waals surface area contributed by atoms with Crippen LogP contribution in [-0.4, -0.2) is 66.5 Å². The molecule has 4 aliphatic rings. The van der Waals surface area contributed by atoms with Gasteiger partial charge in [0, 0.05) is 36.1 Å².